The summed E-state index contributed by atoms with van der Waals surface area (Å²) in [6.07, 6.45) is 12.3. The van der Waals surface area contributed by atoms with E-state index in [1.54, 1.807) is 0 Å². The van der Waals surface area contributed by atoms with Crippen molar-refractivity contribution in [2.24, 2.45) is 47.3 Å². The van der Waals surface area contributed by atoms with Gasteiger partial charge in [-0.25, -0.2) is 0 Å². The van der Waals surface area contributed by atoms with Crippen LogP contribution < -0.4 is 0 Å². The molecule has 388 valence electrons. The van der Waals surface area contributed by atoms with E-state index in [0.717, 1.165) is 22.3 Å². The van der Waals surface area contributed by atoms with Crippen LogP contribution >= 0.6 is 0 Å². The number of allylic oxidation sites excluding steroid dienone is 8. The van der Waals surface area contributed by atoms with Crippen molar-refractivity contribution in [2.75, 3.05) is 0 Å². The minimum Gasteiger partial charge on any atom is -0.294 e. The first-order chi connectivity index (χ1) is 33.3. The molecule has 4 nitrogen and oxygen atoms in total. The second-order valence-electron chi connectivity index (χ2n) is 17.5. The molecule has 0 aliphatic heterocycles. The Morgan fingerprint density at radius 3 is 0.657 bits per heavy atom. The van der Waals surface area contributed by atoms with Crippen molar-refractivity contribution in [3.05, 3.63) is 191 Å². The topological polar surface area (TPSA) is 68.3 Å². The van der Waals surface area contributed by atoms with E-state index in [1.807, 2.05) is 217 Å². The van der Waals surface area contributed by atoms with E-state index < -0.39 is 0 Å². The van der Waals surface area contributed by atoms with Crippen molar-refractivity contribution in [1.82, 2.24) is 0 Å². The third-order valence-corrected chi connectivity index (χ3v) is 10.3. The van der Waals surface area contributed by atoms with Crippen LogP contribution in [0.25, 0.3) is 0 Å². The van der Waals surface area contributed by atoms with Crippen LogP contribution in [0.3, 0.4) is 0 Å². The highest BCUT2D eigenvalue weighted by atomic mass is 16.1. The van der Waals surface area contributed by atoms with Crippen LogP contribution in [0.1, 0.15) is 194 Å². The molecule has 0 unspecified atom stereocenters. The predicted molar refractivity (Wildman–Crippen MR) is 310 cm³/mol. The number of ketones is 4. The summed E-state index contributed by atoms with van der Waals surface area (Å²) in [6, 6.07) is 37.8. The fraction of sp³-hybridized carbons (Fsp3) is 0.455. The molecule has 4 heteroatoms. The van der Waals surface area contributed by atoms with Crippen LogP contribution in [-0.4, -0.2) is 23.1 Å². The molecule has 0 heterocycles. The Morgan fingerprint density at radius 2 is 0.486 bits per heavy atom. The average Bonchev–Trinajstić information content (AvgIpc) is 3.40. The number of hydrogen-bond acceptors (Lipinski definition) is 4. The summed E-state index contributed by atoms with van der Waals surface area (Å²) in [5, 5.41) is 0. The molecule has 4 atom stereocenters. The van der Waals surface area contributed by atoms with E-state index in [4.69, 9.17) is 0 Å². The fourth-order valence-electron chi connectivity index (χ4n) is 5.74. The highest BCUT2D eigenvalue weighted by Gasteiger charge is 2.15. The van der Waals surface area contributed by atoms with Gasteiger partial charge in [-0.1, -0.05) is 307 Å². The molecule has 4 aromatic rings. The molecule has 4 aromatic carbocycles. The Bertz CT molecular complexity index is 1870. The molecule has 0 bridgehead atoms. The Morgan fingerprint density at radius 1 is 0.300 bits per heavy atom. The third-order valence-electron chi connectivity index (χ3n) is 10.3. The summed E-state index contributed by atoms with van der Waals surface area (Å²) >= 11 is 0. The van der Waals surface area contributed by atoms with Crippen LogP contribution in [0.2, 0.25) is 0 Å². The van der Waals surface area contributed by atoms with Gasteiger partial charge >= 0.3 is 0 Å². The molecule has 0 fully saturated rings. The summed E-state index contributed by atoms with van der Waals surface area (Å²) in [5.41, 5.74) is 5.72. The Labute approximate surface area is 431 Å². The number of hydrogen-bond donors (Lipinski definition) is 0. The zero-order valence-electron chi connectivity index (χ0n) is 48.3. The van der Waals surface area contributed by atoms with Gasteiger partial charge in [0.25, 0.3) is 0 Å². The molecular weight excluding hydrogens is 857 g/mol. The summed E-state index contributed by atoms with van der Waals surface area (Å²) in [4.78, 5) is 47.9. The maximum Gasteiger partial charge on any atom is 0.169 e. The minimum atomic E-state index is -0.0372. The molecule has 0 saturated heterocycles. The first-order valence-corrected chi connectivity index (χ1v) is 26.4. The van der Waals surface area contributed by atoms with E-state index in [0.29, 0.717) is 23.7 Å². The number of Topliss-reactive ketones (excluding diaryl/α,β-unsaturated/α-hetero) is 4. The molecule has 0 aliphatic carbocycles. The zero-order valence-corrected chi connectivity index (χ0v) is 48.3. The highest BCUT2D eigenvalue weighted by Crippen LogP contribution is 2.18. The maximum absolute atomic E-state index is 12.1. The van der Waals surface area contributed by atoms with E-state index in [2.05, 4.69) is 93.5 Å². The summed E-state index contributed by atoms with van der Waals surface area (Å²) in [5.74, 6) is 2.63. The van der Waals surface area contributed by atoms with Crippen molar-refractivity contribution >= 4 is 23.1 Å². The van der Waals surface area contributed by atoms with E-state index in [1.165, 1.54) is 11.1 Å². The monoisotopic (exact) mass is 957 g/mol. The first kappa shape index (κ1) is 71.1. The standard InChI is InChI=1S/2C15H20O.2C14H18O.4C2H6/c2*1-11(2)12(3)10-13(4)15(16)14-8-6-5-7-9-14;2*1-11(2)9-10-12(3)14(15)13-7-5-4-6-8-13;4*1-2/h2*5-11,13H,1-4H3;2*4-12H,1-3H3;4*1-2H3/b2*12-10+;2*10-9+;;;;/t2*13-;2*12-;;;;/m1010..../s1. The SMILES string of the molecule is C/C(=C\[C@@H](C)C(=O)c1ccccc1)C(C)C.C/C(=C\[C@H](C)C(=O)c1ccccc1)C(C)C.CC.CC.CC.CC.CC(C)/C=C/[C@@H](C)C(=O)c1ccccc1.CC(C)/C=C/[C@H](C)C(=O)c1ccccc1. The molecule has 0 saturated carbocycles. The first-order valence-electron chi connectivity index (χ1n) is 26.4. The molecule has 0 amide bonds. The lowest BCUT2D eigenvalue weighted by atomic mass is 9.94. The van der Waals surface area contributed by atoms with Gasteiger partial charge < -0.3 is 0 Å². The summed E-state index contributed by atoms with van der Waals surface area (Å²) < 4.78 is 0. The highest BCUT2D eigenvalue weighted by molar-refractivity contribution is 6.00. The van der Waals surface area contributed by atoms with Crippen molar-refractivity contribution < 1.29 is 19.2 Å². The van der Waals surface area contributed by atoms with Gasteiger partial charge in [0.15, 0.2) is 23.1 Å². The largest absolute Gasteiger partial charge is 0.294 e. The summed E-state index contributed by atoms with van der Waals surface area (Å²) in [6.45, 7) is 45.0. The van der Waals surface area contributed by atoms with Crippen molar-refractivity contribution in [3.8, 4) is 0 Å². The Hall–Kier alpha value is -5.48. The predicted octanol–water partition coefficient (Wildman–Crippen LogP) is 19.8. The maximum atomic E-state index is 12.1. The normalized spacial score (nSPS) is 12.4. The molecule has 0 spiro atoms. The van der Waals surface area contributed by atoms with Gasteiger partial charge in [0.1, 0.15) is 0 Å². The third kappa shape index (κ3) is 33.1. The van der Waals surface area contributed by atoms with Gasteiger partial charge in [0, 0.05) is 45.9 Å². The van der Waals surface area contributed by atoms with Gasteiger partial charge in [0.2, 0.25) is 0 Å². The Balaban J connectivity index is -0.000000395. The van der Waals surface area contributed by atoms with Crippen LogP contribution in [-0.2, 0) is 0 Å². The van der Waals surface area contributed by atoms with E-state index >= 15 is 0 Å². The molecule has 0 aromatic heterocycles. The van der Waals surface area contributed by atoms with Crippen LogP contribution in [0.15, 0.2) is 169 Å². The molecule has 0 aliphatic rings. The van der Waals surface area contributed by atoms with Gasteiger partial charge in [-0.2, -0.15) is 0 Å². The van der Waals surface area contributed by atoms with Crippen LogP contribution in [0.5, 0.6) is 0 Å². The number of benzene rings is 4. The molecule has 0 radical (unpaired) electrons. The van der Waals surface area contributed by atoms with Crippen molar-refractivity contribution in [1.29, 1.82) is 0 Å². The average molecular weight is 958 g/mol. The molecule has 4 rings (SSSR count). The van der Waals surface area contributed by atoms with Crippen molar-refractivity contribution in [3.63, 3.8) is 0 Å². The second kappa shape index (κ2) is 44.7. The number of carbonyl (C=O) groups excluding carboxylic acids is 4. The minimum absolute atomic E-state index is 0.0326. The van der Waals surface area contributed by atoms with Crippen LogP contribution in [0, 0.1) is 47.3 Å². The Kier molecular flexibility index (Phi) is 45.4. The lowest BCUT2D eigenvalue weighted by Gasteiger charge is -2.10. The van der Waals surface area contributed by atoms with Gasteiger partial charge in [-0.15, -0.1) is 0 Å². The lowest BCUT2D eigenvalue weighted by Crippen LogP contribution is -2.10. The quantitative estimate of drug-likeness (QED) is 0.0829. The molecule has 0 N–H and O–H groups in total. The second-order valence-corrected chi connectivity index (χ2v) is 17.5. The van der Waals surface area contributed by atoms with Gasteiger partial charge in [-0.05, 0) is 37.5 Å². The zero-order chi connectivity index (χ0) is 54.8. The summed E-state index contributed by atoms with van der Waals surface area (Å²) in [7, 11) is 0. The lowest BCUT2D eigenvalue weighted by molar-refractivity contribution is 0.0945. The fourth-order valence-corrected chi connectivity index (χ4v) is 5.74. The molecular formula is C66H100O4. The van der Waals surface area contributed by atoms with Crippen LogP contribution in [0.4, 0.5) is 0 Å². The number of carbonyl (C=O) groups is 4. The van der Waals surface area contributed by atoms with Crippen molar-refractivity contribution in [2.45, 2.75) is 152 Å². The smallest absolute Gasteiger partial charge is 0.169 e. The van der Waals surface area contributed by atoms with Gasteiger partial charge in [0.05, 0.1) is 0 Å². The van der Waals surface area contributed by atoms with E-state index in [9.17, 15) is 19.2 Å². The van der Waals surface area contributed by atoms with Gasteiger partial charge in [-0.3, -0.25) is 19.2 Å². The van der Waals surface area contributed by atoms with E-state index in [-0.39, 0.29) is 46.8 Å². The number of rotatable bonds is 16. The molecule has 70 heavy (non-hydrogen) atoms.